The zero-order valence-corrected chi connectivity index (χ0v) is 11.5. The molecule has 0 radical (unpaired) electrons. The number of pyridine rings is 1. The molecule has 0 saturated carbocycles. The van der Waals surface area contributed by atoms with E-state index in [1.54, 1.807) is 23.9 Å². The van der Waals surface area contributed by atoms with Gasteiger partial charge in [-0.05, 0) is 12.5 Å². The molecule has 20 heavy (non-hydrogen) atoms. The van der Waals surface area contributed by atoms with E-state index in [0.29, 0.717) is 23.6 Å². The van der Waals surface area contributed by atoms with Gasteiger partial charge < -0.3 is 15.6 Å². The van der Waals surface area contributed by atoms with E-state index in [9.17, 15) is 9.59 Å². The summed E-state index contributed by atoms with van der Waals surface area (Å²) in [5.74, 6) is -0.357. The highest BCUT2D eigenvalue weighted by Gasteiger charge is 2.15. The van der Waals surface area contributed by atoms with E-state index in [0.717, 1.165) is 6.42 Å². The van der Waals surface area contributed by atoms with Crippen LogP contribution in [0.3, 0.4) is 0 Å². The second-order valence-corrected chi connectivity index (χ2v) is 4.48. The minimum Gasteiger partial charge on any atom is -0.396 e. The van der Waals surface area contributed by atoms with Gasteiger partial charge in [0.05, 0.1) is 17.6 Å². The average Bonchev–Trinajstić information content (AvgIpc) is 2.73. The molecule has 0 bridgehead atoms. The quantitative estimate of drug-likeness (QED) is 0.863. The number of amides is 1. The molecule has 0 aliphatic heterocycles. The van der Waals surface area contributed by atoms with Gasteiger partial charge in [-0.15, -0.1) is 0 Å². The average molecular weight is 275 g/mol. The molecule has 7 nitrogen and oxygen atoms in total. The first-order chi connectivity index (χ1) is 9.52. The Morgan fingerprint density at radius 3 is 2.80 bits per heavy atom. The summed E-state index contributed by atoms with van der Waals surface area (Å²) in [4.78, 5) is 23.7. The van der Waals surface area contributed by atoms with Crippen LogP contribution in [0.5, 0.6) is 0 Å². The lowest BCUT2D eigenvalue weighted by Crippen LogP contribution is -2.22. The van der Waals surface area contributed by atoms with Crippen molar-refractivity contribution >= 4 is 17.3 Å². The molecule has 7 heteroatoms. The number of nitrogen functional groups attached to an aromatic ring is 1. The first-order valence-electron chi connectivity index (χ1n) is 6.32. The monoisotopic (exact) mass is 275 g/mol. The van der Waals surface area contributed by atoms with Crippen molar-refractivity contribution in [2.24, 2.45) is 7.05 Å². The fourth-order valence-corrected chi connectivity index (χ4v) is 1.94. The Labute approximate surface area is 116 Å². The van der Waals surface area contributed by atoms with Crippen LogP contribution in [0, 0.1) is 0 Å². The molecule has 0 aromatic carbocycles. The van der Waals surface area contributed by atoms with Gasteiger partial charge in [-0.2, -0.15) is 5.10 Å². The molecule has 2 rings (SSSR count). The fraction of sp³-hybridized carbons (Fsp3) is 0.308. The van der Waals surface area contributed by atoms with Crippen LogP contribution in [0.15, 0.2) is 29.3 Å². The normalized spacial score (nSPS) is 10.5. The van der Waals surface area contributed by atoms with Crippen molar-refractivity contribution in [2.45, 2.75) is 19.9 Å². The third-order valence-electron chi connectivity index (χ3n) is 2.89. The Kier molecular flexibility index (Phi) is 3.88. The van der Waals surface area contributed by atoms with E-state index in [1.165, 1.54) is 16.9 Å². The van der Waals surface area contributed by atoms with E-state index in [2.05, 4.69) is 10.4 Å². The number of aromatic nitrogens is 3. The summed E-state index contributed by atoms with van der Waals surface area (Å²) in [6.45, 7) is 2.59. The molecule has 2 aromatic rings. The van der Waals surface area contributed by atoms with Crippen LogP contribution in [0.2, 0.25) is 0 Å². The topological polar surface area (TPSA) is 94.9 Å². The molecular formula is C13H17N5O2. The van der Waals surface area contributed by atoms with Crippen molar-refractivity contribution in [1.82, 2.24) is 14.3 Å². The Balaban J connectivity index is 2.24. The molecule has 2 aromatic heterocycles. The Morgan fingerprint density at radius 1 is 1.45 bits per heavy atom. The second-order valence-electron chi connectivity index (χ2n) is 4.48. The van der Waals surface area contributed by atoms with Crippen molar-refractivity contribution in [2.75, 3.05) is 11.1 Å². The maximum absolute atomic E-state index is 12.1. The van der Waals surface area contributed by atoms with Crippen LogP contribution in [-0.4, -0.2) is 20.3 Å². The molecule has 3 N–H and O–H groups in total. The summed E-state index contributed by atoms with van der Waals surface area (Å²) in [7, 11) is 1.64. The van der Waals surface area contributed by atoms with Crippen LogP contribution >= 0.6 is 0 Å². The Morgan fingerprint density at radius 2 is 2.20 bits per heavy atom. The molecule has 0 aliphatic carbocycles. The molecule has 0 fully saturated rings. The SMILES string of the molecule is CCCn1cc(NC(=O)c2c(N)cnn2C)ccc1=O. The molecule has 2 heterocycles. The number of hydrogen-bond acceptors (Lipinski definition) is 4. The van der Waals surface area contributed by atoms with E-state index < -0.39 is 0 Å². The smallest absolute Gasteiger partial charge is 0.276 e. The van der Waals surface area contributed by atoms with Gasteiger partial charge >= 0.3 is 0 Å². The predicted octanol–water partition coefficient (Wildman–Crippen LogP) is 0.826. The standard InChI is InChI=1S/C13H17N5O2/c1-3-6-18-8-9(4-5-11(18)19)16-13(20)12-10(14)7-15-17(12)2/h4-5,7-8H,3,6,14H2,1-2H3,(H,16,20). The van der Waals surface area contributed by atoms with Crippen LogP contribution in [-0.2, 0) is 13.6 Å². The number of nitrogens with zero attached hydrogens (tertiary/aromatic N) is 3. The van der Waals surface area contributed by atoms with Gasteiger partial charge in [0, 0.05) is 25.9 Å². The number of carbonyl (C=O) groups excluding carboxylic acids is 1. The van der Waals surface area contributed by atoms with Gasteiger partial charge in [-0.3, -0.25) is 14.3 Å². The van der Waals surface area contributed by atoms with Crippen molar-refractivity contribution in [3.8, 4) is 0 Å². The van der Waals surface area contributed by atoms with Gasteiger partial charge in [0.15, 0.2) is 0 Å². The van der Waals surface area contributed by atoms with Gasteiger partial charge in [0.2, 0.25) is 0 Å². The summed E-state index contributed by atoms with van der Waals surface area (Å²) in [5.41, 5.74) is 6.75. The number of aryl methyl sites for hydroxylation is 2. The highest BCUT2D eigenvalue weighted by molar-refractivity contribution is 6.06. The zero-order chi connectivity index (χ0) is 14.7. The Bertz CT molecular complexity index is 667. The lowest BCUT2D eigenvalue weighted by atomic mass is 10.3. The molecule has 0 aliphatic rings. The number of nitrogens with two attached hydrogens (primary N) is 1. The van der Waals surface area contributed by atoms with Crippen molar-refractivity contribution in [3.05, 3.63) is 40.6 Å². The highest BCUT2D eigenvalue weighted by Crippen LogP contribution is 2.12. The van der Waals surface area contributed by atoms with Gasteiger partial charge in [0.1, 0.15) is 5.69 Å². The molecule has 106 valence electrons. The largest absolute Gasteiger partial charge is 0.396 e. The summed E-state index contributed by atoms with van der Waals surface area (Å²) in [5, 5.41) is 6.63. The maximum Gasteiger partial charge on any atom is 0.276 e. The molecule has 0 atom stereocenters. The van der Waals surface area contributed by atoms with E-state index >= 15 is 0 Å². The number of nitrogens with one attached hydrogen (secondary N) is 1. The maximum atomic E-state index is 12.1. The van der Waals surface area contributed by atoms with E-state index in [-0.39, 0.29) is 11.5 Å². The van der Waals surface area contributed by atoms with E-state index in [1.807, 2.05) is 6.92 Å². The van der Waals surface area contributed by atoms with Crippen molar-refractivity contribution in [3.63, 3.8) is 0 Å². The highest BCUT2D eigenvalue weighted by atomic mass is 16.2. The first kappa shape index (κ1) is 13.9. The van der Waals surface area contributed by atoms with Gasteiger partial charge in [-0.1, -0.05) is 6.92 Å². The molecule has 0 unspecified atom stereocenters. The minimum atomic E-state index is -0.357. The number of rotatable bonds is 4. The molecule has 0 spiro atoms. The number of anilines is 2. The lowest BCUT2D eigenvalue weighted by molar-refractivity contribution is 0.101. The summed E-state index contributed by atoms with van der Waals surface area (Å²) in [6, 6.07) is 3.00. The summed E-state index contributed by atoms with van der Waals surface area (Å²) >= 11 is 0. The first-order valence-corrected chi connectivity index (χ1v) is 6.32. The molecule has 0 saturated heterocycles. The van der Waals surface area contributed by atoms with Crippen LogP contribution in [0.4, 0.5) is 11.4 Å². The van der Waals surface area contributed by atoms with Crippen molar-refractivity contribution in [1.29, 1.82) is 0 Å². The summed E-state index contributed by atoms with van der Waals surface area (Å²) < 4.78 is 2.97. The van der Waals surface area contributed by atoms with Gasteiger partial charge in [-0.25, -0.2) is 0 Å². The van der Waals surface area contributed by atoms with Crippen LogP contribution < -0.4 is 16.6 Å². The second kappa shape index (κ2) is 5.60. The van der Waals surface area contributed by atoms with Gasteiger partial charge in [0.25, 0.3) is 11.5 Å². The number of carbonyl (C=O) groups is 1. The zero-order valence-electron chi connectivity index (χ0n) is 11.5. The molecule has 1 amide bonds. The van der Waals surface area contributed by atoms with Crippen LogP contribution in [0.1, 0.15) is 23.8 Å². The minimum absolute atomic E-state index is 0.0927. The third-order valence-corrected chi connectivity index (χ3v) is 2.89. The lowest BCUT2D eigenvalue weighted by Gasteiger charge is -2.09. The van der Waals surface area contributed by atoms with E-state index in [4.69, 9.17) is 5.73 Å². The van der Waals surface area contributed by atoms with Crippen molar-refractivity contribution < 1.29 is 4.79 Å². The fourth-order valence-electron chi connectivity index (χ4n) is 1.94. The molecular weight excluding hydrogens is 258 g/mol. The predicted molar refractivity (Wildman–Crippen MR) is 76.6 cm³/mol. The third kappa shape index (κ3) is 2.71. The Hall–Kier alpha value is -2.57. The number of hydrogen-bond donors (Lipinski definition) is 2. The van der Waals surface area contributed by atoms with Crippen LogP contribution in [0.25, 0.3) is 0 Å². The summed E-state index contributed by atoms with van der Waals surface area (Å²) in [6.07, 6.45) is 3.88.